The zero-order chi connectivity index (χ0) is 18.0. The molecule has 1 amide bonds. The number of ether oxygens (including phenoxy) is 1. The Hall–Kier alpha value is -2.54. The van der Waals surface area contributed by atoms with Crippen LogP contribution < -0.4 is 14.8 Å². The van der Waals surface area contributed by atoms with Crippen LogP contribution in [0.15, 0.2) is 47.4 Å². The van der Waals surface area contributed by atoms with Crippen molar-refractivity contribution in [3.8, 4) is 5.75 Å². The number of anilines is 1. The third-order valence-corrected chi connectivity index (χ3v) is 5.36. The van der Waals surface area contributed by atoms with E-state index in [0.29, 0.717) is 30.5 Å². The Labute approximate surface area is 147 Å². The molecule has 2 aromatic rings. The van der Waals surface area contributed by atoms with Crippen molar-refractivity contribution in [2.45, 2.75) is 24.7 Å². The van der Waals surface area contributed by atoms with Crippen LogP contribution in [0.3, 0.4) is 0 Å². The summed E-state index contributed by atoms with van der Waals surface area (Å²) < 4.78 is 33.2. The van der Waals surface area contributed by atoms with E-state index < -0.39 is 10.0 Å². The maximum Gasteiger partial charge on any atom is 0.261 e. The maximum absolute atomic E-state index is 12.6. The average Bonchev–Trinajstić information content (AvgIpc) is 2.76. The average molecular weight is 360 g/mol. The fourth-order valence-corrected chi connectivity index (χ4v) is 3.63. The zero-order valence-corrected chi connectivity index (χ0v) is 14.9. The SMILES string of the molecule is CC(C)c1ccc(NS(=O)(=O)c2ccc3c(c2)C(=O)NCCO3)cc1. The third kappa shape index (κ3) is 3.76. The number of sulfonamides is 1. The summed E-state index contributed by atoms with van der Waals surface area (Å²) in [6.45, 7) is 4.88. The lowest BCUT2D eigenvalue weighted by atomic mass is 10.0. The second kappa shape index (κ2) is 6.76. The summed E-state index contributed by atoms with van der Waals surface area (Å²) in [5.74, 6) is 0.412. The minimum Gasteiger partial charge on any atom is -0.491 e. The van der Waals surface area contributed by atoms with Crippen LogP contribution in [0.4, 0.5) is 5.69 Å². The second-order valence-corrected chi connectivity index (χ2v) is 7.83. The molecular formula is C18H20N2O4S. The molecule has 1 aliphatic rings. The molecule has 0 unspecified atom stereocenters. The highest BCUT2D eigenvalue weighted by molar-refractivity contribution is 7.92. The molecule has 0 aromatic heterocycles. The summed E-state index contributed by atoms with van der Waals surface area (Å²) in [4.78, 5) is 12.1. The van der Waals surface area contributed by atoms with E-state index in [0.717, 1.165) is 5.56 Å². The molecule has 0 radical (unpaired) electrons. The first-order chi connectivity index (χ1) is 11.9. The molecule has 2 N–H and O–H groups in total. The Kier molecular flexibility index (Phi) is 4.67. The van der Waals surface area contributed by atoms with Crippen molar-refractivity contribution in [3.05, 3.63) is 53.6 Å². The van der Waals surface area contributed by atoms with Crippen molar-refractivity contribution in [1.82, 2.24) is 5.32 Å². The van der Waals surface area contributed by atoms with E-state index in [1.165, 1.54) is 18.2 Å². The molecule has 0 atom stereocenters. The van der Waals surface area contributed by atoms with E-state index in [1.807, 2.05) is 12.1 Å². The van der Waals surface area contributed by atoms with Gasteiger partial charge in [0.1, 0.15) is 12.4 Å². The molecule has 25 heavy (non-hydrogen) atoms. The summed E-state index contributed by atoms with van der Waals surface area (Å²) in [6.07, 6.45) is 0. The number of carbonyl (C=O) groups is 1. The molecule has 2 aromatic carbocycles. The molecule has 0 saturated heterocycles. The fourth-order valence-electron chi connectivity index (χ4n) is 2.55. The highest BCUT2D eigenvalue weighted by atomic mass is 32.2. The van der Waals surface area contributed by atoms with Gasteiger partial charge in [-0.15, -0.1) is 0 Å². The Bertz CT molecular complexity index is 890. The van der Waals surface area contributed by atoms with Crippen molar-refractivity contribution in [1.29, 1.82) is 0 Å². The Morgan fingerprint density at radius 1 is 1.12 bits per heavy atom. The van der Waals surface area contributed by atoms with Gasteiger partial charge in [-0.25, -0.2) is 8.42 Å². The van der Waals surface area contributed by atoms with Crippen LogP contribution in [0.2, 0.25) is 0 Å². The van der Waals surface area contributed by atoms with Gasteiger partial charge in [0.15, 0.2) is 0 Å². The maximum atomic E-state index is 12.6. The predicted molar refractivity (Wildman–Crippen MR) is 95.6 cm³/mol. The van der Waals surface area contributed by atoms with Crippen molar-refractivity contribution < 1.29 is 17.9 Å². The summed E-state index contributed by atoms with van der Waals surface area (Å²) in [7, 11) is -3.80. The van der Waals surface area contributed by atoms with Crippen molar-refractivity contribution in [3.63, 3.8) is 0 Å². The summed E-state index contributed by atoms with van der Waals surface area (Å²) in [6, 6.07) is 11.5. The summed E-state index contributed by atoms with van der Waals surface area (Å²) in [5, 5.41) is 2.67. The molecule has 7 heteroatoms. The van der Waals surface area contributed by atoms with Crippen LogP contribution in [-0.4, -0.2) is 27.5 Å². The Morgan fingerprint density at radius 3 is 2.52 bits per heavy atom. The largest absolute Gasteiger partial charge is 0.491 e. The van der Waals surface area contributed by atoms with Gasteiger partial charge in [0.25, 0.3) is 15.9 Å². The lowest BCUT2D eigenvalue weighted by Crippen LogP contribution is -2.24. The highest BCUT2D eigenvalue weighted by Gasteiger charge is 2.21. The van der Waals surface area contributed by atoms with Gasteiger partial charge < -0.3 is 10.1 Å². The molecule has 1 heterocycles. The molecule has 0 fully saturated rings. The molecule has 3 rings (SSSR count). The lowest BCUT2D eigenvalue weighted by molar-refractivity contribution is 0.0957. The number of benzene rings is 2. The minimum atomic E-state index is -3.80. The van der Waals surface area contributed by atoms with E-state index in [4.69, 9.17) is 4.74 Å². The zero-order valence-electron chi connectivity index (χ0n) is 14.1. The number of nitrogens with one attached hydrogen (secondary N) is 2. The fraction of sp³-hybridized carbons (Fsp3) is 0.278. The number of rotatable bonds is 4. The van der Waals surface area contributed by atoms with E-state index in [2.05, 4.69) is 23.9 Å². The summed E-state index contributed by atoms with van der Waals surface area (Å²) in [5.41, 5.74) is 1.82. The van der Waals surface area contributed by atoms with Crippen molar-refractivity contribution in [2.75, 3.05) is 17.9 Å². The van der Waals surface area contributed by atoms with Crippen LogP contribution in [-0.2, 0) is 10.0 Å². The first-order valence-corrected chi connectivity index (χ1v) is 9.53. The topological polar surface area (TPSA) is 84.5 Å². The van der Waals surface area contributed by atoms with Gasteiger partial charge >= 0.3 is 0 Å². The van der Waals surface area contributed by atoms with Crippen LogP contribution in [0.1, 0.15) is 35.7 Å². The van der Waals surface area contributed by atoms with Gasteiger partial charge in [-0.3, -0.25) is 9.52 Å². The highest BCUT2D eigenvalue weighted by Crippen LogP contribution is 2.26. The Balaban J connectivity index is 1.88. The van der Waals surface area contributed by atoms with E-state index in [1.54, 1.807) is 12.1 Å². The minimum absolute atomic E-state index is 0.0137. The van der Waals surface area contributed by atoms with Gasteiger partial charge in [0.05, 0.1) is 17.0 Å². The van der Waals surface area contributed by atoms with Crippen LogP contribution in [0.5, 0.6) is 5.75 Å². The third-order valence-electron chi connectivity index (χ3n) is 3.98. The molecule has 0 saturated carbocycles. The molecule has 1 aliphatic heterocycles. The van der Waals surface area contributed by atoms with Crippen LogP contribution in [0, 0.1) is 0 Å². The first kappa shape index (κ1) is 17.3. The van der Waals surface area contributed by atoms with Crippen LogP contribution in [0.25, 0.3) is 0 Å². The van der Waals surface area contributed by atoms with Crippen molar-refractivity contribution >= 4 is 21.6 Å². The number of carbonyl (C=O) groups excluding carboxylic acids is 1. The number of hydrogen-bond acceptors (Lipinski definition) is 4. The van der Waals surface area contributed by atoms with Gasteiger partial charge in [-0.1, -0.05) is 26.0 Å². The molecule has 0 spiro atoms. The normalized spacial score (nSPS) is 14.3. The molecular weight excluding hydrogens is 340 g/mol. The van der Waals surface area contributed by atoms with Gasteiger partial charge in [-0.2, -0.15) is 0 Å². The summed E-state index contributed by atoms with van der Waals surface area (Å²) >= 11 is 0. The number of amides is 1. The Morgan fingerprint density at radius 2 is 1.84 bits per heavy atom. The van der Waals surface area contributed by atoms with Gasteiger partial charge in [-0.05, 0) is 41.8 Å². The molecule has 6 nitrogen and oxygen atoms in total. The standard InChI is InChI=1S/C18H20N2O4S/c1-12(2)13-3-5-14(6-4-13)20-25(22,23)15-7-8-17-16(11-15)18(21)19-9-10-24-17/h3-8,11-12,20H,9-10H2,1-2H3,(H,19,21). The van der Waals surface area contributed by atoms with E-state index in [-0.39, 0.29) is 16.4 Å². The van der Waals surface area contributed by atoms with Crippen molar-refractivity contribution in [2.24, 2.45) is 0 Å². The van der Waals surface area contributed by atoms with E-state index in [9.17, 15) is 13.2 Å². The van der Waals surface area contributed by atoms with Crippen LogP contribution >= 0.6 is 0 Å². The van der Waals surface area contributed by atoms with E-state index >= 15 is 0 Å². The first-order valence-electron chi connectivity index (χ1n) is 8.04. The van der Waals surface area contributed by atoms with Gasteiger partial charge in [0.2, 0.25) is 0 Å². The quantitative estimate of drug-likeness (QED) is 0.878. The van der Waals surface area contributed by atoms with Gasteiger partial charge in [0, 0.05) is 5.69 Å². The molecule has 0 aliphatic carbocycles. The predicted octanol–water partition coefficient (Wildman–Crippen LogP) is 2.73. The second-order valence-electron chi connectivity index (χ2n) is 6.14. The number of hydrogen-bond donors (Lipinski definition) is 2. The monoisotopic (exact) mass is 360 g/mol. The lowest BCUT2D eigenvalue weighted by Gasteiger charge is -2.12. The number of fused-ring (bicyclic) bond motifs is 1. The smallest absolute Gasteiger partial charge is 0.261 e. The molecule has 0 bridgehead atoms. The molecule has 132 valence electrons.